The Bertz CT molecular complexity index is 796. The smallest absolute Gasteiger partial charge is 0.166 e. The van der Waals surface area contributed by atoms with Gasteiger partial charge < -0.3 is 0 Å². The molecule has 0 amide bonds. The number of hydrogen-bond donors (Lipinski definition) is 0. The summed E-state index contributed by atoms with van der Waals surface area (Å²) in [5.41, 5.74) is -0.620. The summed E-state index contributed by atoms with van der Waals surface area (Å²) >= 11 is 4.49. The first kappa shape index (κ1) is 19.0. The van der Waals surface area contributed by atoms with Crippen molar-refractivity contribution < 1.29 is 13.2 Å². The van der Waals surface area contributed by atoms with E-state index in [0.717, 1.165) is 34.0 Å². The second kappa shape index (κ2) is 7.87. The van der Waals surface area contributed by atoms with Gasteiger partial charge in [0.25, 0.3) is 0 Å². The zero-order valence-electron chi connectivity index (χ0n) is 12.7. The van der Waals surface area contributed by atoms with E-state index in [1.165, 1.54) is 0 Å². The first-order valence-corrected chi connectivity index (χ1v) is 10.7. The van der Waals surface area contributed by atoms with Crippen molar-refractivity contribution in [2.24, 2.45) is 0 Å². The fourth-order valence-corrected chi connectivity index (χ4v) is 5.09. The second-order valence-corrected chi connectivity index (χ2v) is 9.75. The van der Waals surface area contributed by atoms with Crippen LogP contribution in [-0.2, 0) is 17.1 Å². The van der Waals surface area contributed by atoms with Gasteiger partial charge in [-0.25, -0.2) is 0 Å². The van der Waals surface area contributed by atoms with Gasteiger partial charge in [0.05, 0.1) is 16.5 Å². The van der Waals surface area contributed by atoms with Crippen LogP contribution >= 0.6 is 45.2 Å². The molecule has 0 fully saturated rings. The van der Waals surface area contributed by atoms with E-state index in [1.807, 2.05) is 48.5 Å². The second-order valence-electron chi connectivity index (χ2n) is 5.24. The van der Waals surface area contributed by atoms with Crippen molar-refractivity contribution in [3.63, 3.8) is 0 Å². The molecular weight excluding hydrogens is 571 g/mol. The highest BCUT2D eigenvalue weighted by Gasteiger charge is 2.33. The molecule has 0 aliphatic heterocycles. The lowest BCUT2D eigenvalue weighted by molar-refractivity contribution is -0.137. The molecule has 0 nitrogen and oxygen atoms in total. The van der Waals surface area contributed by atoms with Crippen LogP contribution < -0.4 is 0 Å². The molecule has 0 aliphatic carbocycles. The molecule has 0 N–H and O–H groups in total. The van der Waals surface area contributed by atoms with Crippen molar-refractivity contribution in [2.75, 3.05) is 0 Å². The Hall–Kier alpha value is -0.740. The minimum atomic E-state index is -4.32. The molecule has 0 atom stereocenters. The van der Waals surface area contributed by atoms with E-state index < -0.39 is 22.6 Å². The van der Waals surface area contributed by atoms with Crippen molar-refractivity contribution >= 4 is 56.1 Å². The normalized spacial score (nSPS) is 11.8. The van der Waals surface area contributed by atoms with E-state index in [0.29, 0.717) is 0 Å². The fourth-order valence-electron chi connectivity index (χ4n) is 2.33. The summed E-state index contributed by atoms with van der Waals surface area (Å²) in [5, 5.41) is 0. The Morgan fingerprint density at radius 3 is 1.20 bits per heavy atom. The maximum atomic E-state index is 12.9. The van der Waals surface area contributed by atoms with Gasteiger partial charge in [-0.3, -0.25) is 0 Å². The van der Waals surface area contributed by atoms with E-state index in [-0.39, 0.29) is 0 Å². The molecule has 3 rings (SSSR count). The van der Waals surface area contributed by atoms with Gasteiger partial charge in [0.15, 0.2) is 14.7 Å². The summed E-state index contributed by atoms with van der Waals surface area (Å²) in [6.45, 7) is 0. The maximum absolute atomic E-state index is 12.9. The third kappa shape index (κ3) is 4.71. The topological polar surface area (TPSA) is 0 Å². The minimum Gasteiger partial charge on any atom is -0.166 e. The highest BCUT2D eigenvalue weighted by Crippen LogP contribution is 2.34. The molecule has 25 heavy (non-hydrogen) atoms. The predicted molar refractivity (Wildman–Crippen MR) is 112 cm³/mol. The van der Waals surface area contributed by atoms with Crippen LogP contribution in [0, 0.1) is 7.14 Å². The number of halogens is 5. The van der Waals surface area contributed by atoms with Crippen LogP contribution in [-0.4, -0.2) is 0 Å². The van der Waals surface area contributed by atoms with Crippen molar-refractivity contribution in [3.05, 3.63) is 85.5 Å². The van der Waals surface area contributed by atoms with E-state index in [9.17, 15) is 13.2 Å². The van der Waals surface area contributed by atoms with Crippen molar-refractivity contribution in [3.8, 4) is 0 Å². The molecule has 6 heteroatoms. The number of rotatable bonds is 3. The Morgan fingerprint density at radius 2 is 0.880 bits per heavy atom. The standard InChI is InChI=1S/C19H12F3I2S/c20-19(21,22)13-1-7-16(8-2-13)25(17-9-3-14(23)4-10-17)18-11-5-15(24)6-12-18/h1-12H/q+1. The lowest BCUT2D eigenvalue weighted by Gasteiger charge is -2.10. The maximum Gasteiger partial charge on any atom is 0.416 e. The van der Waals surface area contributed by atoms with Gasteiger partial charge in [-0.15, -0.1) is 0 Å². The van der Waals surface area contributed by atoms with Crippen molar-refractivity contribution in [2.45, 2.75) is 20.9 Å². The zero-order chi connectivity index (χ0) is 18.0. The zero-order valence-corrected chi connectivity index (χ0v) is 17.9. The molecule has 0 aromatic heterocycles. The van der Waals surface area contributed by atoms with Crippen molar-refractivity contribution in [1.82, 2.24) is 0 Å². The van der Waals surface area contributed by atoms with Crippen LogP contribution in [0.15, 0.2) is 87.5 Å². The van der Waals surface area contributed by atoms with Crippen LogP contribution in [0.25, 0.3) is 0 Å². The van der Waals surface area contributed by atoms with E-state index in [4.69, 9.17) is 0 Å². The van der Waals surface area contributed by atoms with Crippen LogP contribution in [0.5, 0.6) is 0 Å². The molecule has 0 saturated heterocycles. The molecule has 0 aliphatic rings. The molecule has 0 heterocycles. The highest BCUT2D eigenvalue weighted by molar-refractivity contribution is 14.1. The third-order valence-electron chi connectivity index (χ3n) is 3.52. The number of hydrogen-bond acceptors (Lipinski definition) is 0. The van der Waals surface area contributed by atoms with Gasteiger partial charge >= 0.3 is 6.18 Å². The van der Waals surface area contributed by atoms with Gasteiger partial charge in [-0.1, -0.05) is 0 Å². The molecule has 0 spiro atoms. The van der Waals surface area contributed by atoms with Gasteiger partial charge in [0.2, 0.25) is 0 Å². The van der Waals surface area contributed by atoms with Gasteiger partial charge in [-0.05, 0) is 118 Å². The molecule has 0 unspecified atom stereocenters. The Balaban J connectivity index is 2.07. The quantitative estimate of drug-likeness (QED) is 0.230. The molecule has 0 radical (unpaired) electrons. The largest absolute Gasteiger partial charge is 0.416 e. The predicted octanol–water partition coefficient (Wildman–Crippen LogP) is 7.01. The molecule has 0 bridgehead atoms. The van der Waals surface area contributed by atoms with E-state index >= 15 is 0 Å². The van der Waals surface area contributed by atoms with Gasteiger partial charge in [-0.2, -0.15) is 13.2 Å². The van der Waals surface area contributed by atoms with E-state index in [2.05, 4.69) is 45.2 Å². The summed E-state index contributed by atoms with van der Waals surface area (Å²) in [6.07, 6.45) is -4.32. The summed E-state index contributed by atoms with van der Waals surface area (Å²) in [6, 6.07) is 21.7. The average Bonchev–Trinajstić information content (AvgIpc) is 2.58. The minimum absolute atomic E-state index is 0.440. The van der Waals surface area contributed by atoms with Crippen LogP contribution in [0.1, 0.15) is 5.56 Å². The average molecular weight is 583 g/mol. The monoisotopic (exact) mass is 583 g/mol. The summed E-state index contributed by atoms with van der Waals surface area (Å²) < 4.78 is 40.8. The summed E-state index contributed by atoms with van der Waals surface area (Å²) in [5.74, 6) is 0. The van der Waals surface area contributed by atoms with E-state index in [1.54, 1.807) is 12.1 Å². The molecule has 3 aromatic carbocycles. The fraction of sp³-hybridized carbons (Fsp3) is 0.0526. The first-order valence-electron chi connectivity index (χ1n) is 7.27. The molecule has 0 saturated carbocycles. The number of alkyl halides is 3. The Morgan fingerprint density at radius 1 is 0.560 bits per heavy atom. The third-order valence-corrected chi connectivity index (χ3v) is 7.19. The van der Waals surface area contributed by atoms with Crippen molar-refractivity contribution in [1.29, 1.82) is 0 Å². The molecule has 128 valence electrons. The van der Waals surface area contributed by atoms with Crippen LogP contribution in [0.3, 0.4) is 0 Å². The Kier molecular flexibility index (Phi) is 5.99. The highest BCUT2D eigenvalue weighted by atomic mass is 127. The van der Waals surface area contributed by atoms with Gasteiger partial charge in [0, 0.05) is 7.14 Å². The first-order chi connectivity index (χ1) is 11.8. The number of benzene rings is 3. The van der Waals surface area contributed by atoms with Crippen LogP contribution in [0.2, 0.25) is 0 Å². The summed E-state index contributed by atoms with van der Waals surface area (Å²) in [7, 11) is -0.440. The Labute approximate surface area is 174 Å². The van der Waals surface area contributed by atoms with Crippen LogP contribution in [0.4, 0.5) is 13.2 Å². The SMILES string of the molecule is FC(F)(F)c1ccc([S+](c2ccc(I)cc2)c2ccc(I)cc2)cc1. The molecule has 3 aromatic rings. The lowest BCUT2D eigenvalue weighted by Crippen LogP contribution is -2.08. The lowest BCUT2D eigenvalue weighted by atomic mass is 10.2. The summed E-state index contributed by atoms with van der Waals surface area (Å²) in [4.78, 5) is 3.04. The van der Waals surface area contributed by atoms with Gasteiger partial charge in [0.1, 0.15) is 0 Å². The molecular formula is C19H12F3I2S+.